The average Bonchev–Trinajstić information content (AvgIpc) is 2.08. The minimum Gasteiger partial charge on any atom is -0.389 e. The van der Waals surface area contributed by atoms with E-state index in [1.807, 2.05) is 0 Å². The largest absolute Gasteiger partial charge is 0.389 e. The van der Waals surface area contributed by atoms with Crippen LogP contribution in [0.2, 0.25) is 0 Å². The van der Waals surface area contributed by atoms with Crippen LogP contribution in [0.15, 0.2) is 0 Å². The Morgan fingerprint density at radius 3 is 1.73 bits per heavy atom. The molecule has 0 bridgehead atoms. The van der Waals surface area contributed by atoms with Crippen molar-refractivity contribution in [2.45, 2.75) is 5.54 Å². The van der Waals surface area contributed by atoms with Crippen LogP contribution in [0.5, 0.6) is 0 Å². The third-order valence-corrected chi connectivity index (χ3v) is 1.44. The second-order valence-electron chi connectivity index (χ2n) is 2.14. The zero-order valence-electron chi connectivity index (χ0n) is 6.23. The first-order valence-electron chi connectivity index (χ1n) is 3.01. The number of nitrogens with zero attached hydrogens (tertiary/aromatic N) is 1. The molecule has 0 aromatic heterocycles. The molecular formula is C5H12NO5+. The first-order chi connectivity index (χ1) is 5.16. The van der Waals surface area contributed by atoms with Gasteiger partial charge in [0, 0.05) is 0 Å². The maximum atomic E-state index is 10.7. The van der Waals surface area contributed by atoms with Crippen LogP contribution < -0.4 is 0 Å². The smallest absolute Gasteiger partial charge is 0.333 e. The van der Waals surface area contributed by atoms with Crippen LogP contribution in [0.3, 0.4) is 0 Å². The van der Waals surface area contributed by atoms with Gasteiger partial charge in [0.15, 0.2) is 7.11 Å². The summed E-state index contributed by atoms with van der Waals surface area (Å²) in [6, 6.07) is 0. The molecule has 0 saturated carbocycles. The minimum absolute atomic E-state index is 0.0208. The van der Waals surface area contributed by atoms with E-state index in [-0.39, 0.29) is 4.92 Å². The van der Waals surface area contributed by atoms with Gasteiger partial charge >= 0.3 is 5.54 Å². The predicted molar refractivity (Wildman–Crippen MR) is 34.6 cm³/mol. The molecule has 0 rings (SSSR count). The van der Waals surface area contributed by atoms with Crippen LogP contribution >= 0.6 is 0 Å². The van der Waals surface area contributed by atoms with E-state index in [1.54, 1.807) is 0 Å². The molecule has 0 unspecified atom stereocenters. The summed E-state index contributed by atoms with van der Waals surface area (Å²) >= 11 is 0. The van der Waals surface area contributed by atoms with Crippen molar-refractivity contribution in [3.05, 3.63) is 4.91 Å². The lowest BCUT2D eigenvalue weighted by Gasteiger charge is -2.13. The van der Waals surface area contributed by atoms with Crippen LogP contribution in [0, 0.1) is 4.91 Å². The molecule has 6 heteroatoms. The van der Waals surface area contributed by atoms with Crippen LogP contribution in [0.25, 0.3) is 0 Å². The Bertz CT molecular complexity index is 125. The fraction of sp³-hybridized carbons (Fsp3) is 1.00. The zero-order chi connectivity index (χ0) is 8.91. The molecule has 0 aromatic rings. The van der Waals surface area contributed by atoms with Gasteiger partial charge in [-0.2, -0.15) is 0 Å². The molecule has 0 aliphatic heterocycles. The summed E-state index contributed by atoms with van der Waals surface area (Å²) in [6.45, 7) is -2.01. The second-order valence-corrected chi connectivity index (χ2v) is 2.14. The van der Waals surface area contributed by atoms with Crippen LogP contribution in [-0.4, -0.2) is 52.7 Å². The van der Waals surface area contributed by atoms with Gasteiger partial charge in [-0.15, -0.1) is 0 Å². The van der Waals surface area contributed by atoms with Crippen molar-refractivity contribution in [3.63, 3.8) is 0 Å². The summed E-state index contributed by atoms with van der Waals surface area (Å²) in [5.74, 6) is 0. The van der Waals surface area contributed by atoms with Gasteiger partial charge in [0.25, 0.3) is 0 Å². The predicted octanol–water partition coefficient (Wildman–Crippen LogP) is -1.96. The highest BCUT2D eigenvalue weighted by molar-refractivity contribution is 4.74. The fourth-order valence-electron chi connectivity index (χ4n) is 0.517. The number of rotatable bonds is 5. The standard InChI is InChI=1S/C5H12NO5/c1-11-6(10)5(2-7,3-8)4-9/h7-9H,2-4H2,1H3/q+1. The van der Waals surface area contributed by atoms with Crippen molar-refractivity contribution in [1.29, 1.82) is 0 Å². The van der Waals surface area contributed by atoms with E-state index >= 15 is 0 Å². The number of hydrogen-bond donors (Lipinski definition) is 3. The summed E-state index contributed by atoms with van der Waals surface area (Å²) in [6.07, 6.45) is 0. The van der Waals surface area contributed by atoms with Gasteiger partial charge in [-0.25, -0.2) is 4.84 Å². The Morgan fingerprint density at radius 1 is 1.27 bits per heavy atom. The van der Waals surface area contributed by atoms with Gasteiger partial charge < -0.3 is 15.3 Å². The van der Waals surface area contributed by atoms with Gasteiger partial charge in [-0.3, -0.25) is 0 Å². The topological polar surface area (TPSA) is 90.0 Å². The third-order valence-electron chi connectivity index (χ3n) is 1.44. The summed E-state index contributed by atoms with van der Waals surface area (Å²) in [4.78, 5) is 14.9. The van der Waals surface area contributed by atoms with E-state index in [2.05, 4.69) is 4.84 Å². The van der Waals surface area contributed by atoms with Crippen LogP contribution in [0.4, 0.5) is 0 Å². The van der Waals surface area contributed by atoms with E-state index in [4.69, 9.17) is 15.3 Å². The Kier molecular flexibility index (Phi) is 3.94. The lowest BCUT2D eigenvalue weighted by atomic mass is 10.1. The Morgan fingerprint density at radius 2 is 1.64 bits per heavy atom. The number of aliphatic hydroxyl groups is 3. The number of hydrogen-bond acceptors (Lipinski definition) is 5. The maximum absolute atomic E-state index is 10.7. The third kappa shape index (κ3) is 1.86. The second kappa shape index (κ2) is 4.22. The van der Waals surface area contributed by atoms with Gasteiger partial charge in [0.1, 0.15) is 19.8 Å². The van der Waals surface area contributed by atoms with E-state index in [9.17, 15) is 4.91 Å². The van der Waals surface area contributed by atoms with Crippen LogP contribution in [0.1, 0.15) is 0 Å². The molecule has 0 saturated heterocycles. The molecule has 0 radical (unpaired) electrons. The molecular weight excluding hydrogens is 154 g/mol. The number of aliphatic hydroxyl groups excluding tert-OH is 3. The molecule has 3 N–H and O–H groups in total. The van der Waals surface area contributed by atoms with Gasteiger partial charge in [-0.1, -0.05) is 0 Å². The Labute approximate surface area is 63.6 Å². The first-order valence-corrected chi connectivity index (χ1v) is 3.01. The molecule has 0 aliphatic rings. The molecule has 0 aromatic carbocycles. The molecule has 11 heavy (non-hydrogen) atoms. The fourth-order valence-corrected chi connectivity index (χ4v) is 0.517. The van der Waals surface area contributed by atoms with Crippen molar-refractivity contribution in [2.24, 2.45) is 0 Å². The highest BCUT2D eigenvalue weighted by Gasteiger charge is 2.47. The lowest BCUT2D eigenvalue weighted by molar-refractivity contribution is -0.848. The summed E-state index contributed by atoms with van der Waals surface area (Å²) in [7, 11) is 1.09. The van der Waals surface area contributed by atoms with Gasteiger partial charge in [0.05, 0.1) is 4.91 Å². The van der Waals surface area contributed by atoms with Crippen molar-refractivity contribution in [1.82, 2.24) is 0 Å². The summed E-state index contributed by atoms with van der Waals surface area (Å²) in [5, 5.41) is 25.9. The van der Waals surface area contributed by atoms with Crippen LogP contribution in [-0.2, 0) is 4.84 Å². The van der Waals surface area contributed by atoms with E-state index in [0.29, 0.717) is 0 Å². The normalized spacial score (nSPS) is 11.3. The Hall–Kier alpha value is -0.720. The summed E-state index contributed by atoms with van der Waals surface area (Å²) < 4.78 is 0. The first kappa shape index (κ1) is 10.3. The monoisotopic (exact) mass is 166 g/mol. The van der Waals surface area contributed by atoms with Crippen molar-refractivity contribution < 1.29 is 25.1 Å². The molecule has 0 amide bonds. The maximum Gasteiger partial charge on any atom is 0.333 e. The highest BCUT2D eigenvalue weighted by Crippen LogP contribution is 2.07. The Balaban J connectivity index is 4.39. The zero-order valence-corrected chi connectivity index (χ0v) is 6.23. The van der Waals surface area contributed by atoms with Crippen molar-refractivity contribution in [2.75, 3.05) is 26.9 Å². The van der Waals surface area contributed by atoms with E-state index < -0.39 is 25.4 Å². The molecule has 0 aliphatic carbocycles. The highest BCUT2D eigenvalue weighted by atomic mass is 16.8. The van der Waals surface area contributed by atoms with Crippen molar-refractivity contribution >= 4 is 0 Å². The molecule has 0 heterocycles. The molecule has 0 spiro atoms. The molecule has 0 atom stereocenters. The van der Waals surface area contributed by atoms with E-state index in [0.717, 1.165) is 7.11 Å². The molecule has 0 fully saturated rings. The molecule has 66 valence electrons. The van der Waals surface area contributed by atoms with Gasteiger partial charge in [-0.05, 0) is 0 Å². The van der Waals surface area contributed by atoms with E-state index in [1.165, 1.54) is 0 Å². The quantitative estimate of drug-likeness (QED) is 0.413. The molecule has 6 nitrogen and oxygen atoms in total. The SMILES string of the molecule is CO[N+](=O)C(CO)(CO)CO. The average molecular weight is 166 g/mol. The van der Waals surface area contributed by atoms with Gasteiger partial charge in [0.2, 0.25) is 4.92 Å². The van der Waals surface area contributed by atoms with Crippen molar-refractivity contribution in [3.8, 4) is 0 Å². The summed E-state index contributed by atoms with van der Waals surface area (Å²) in [5.41, 5.74) is -1.64. The lowest BCUT2D eigenvalue weighted by Crippen LogP contribution is -2.50. The minimum atomic E-state index is -1.64.